The number of benzene rings is 2. The van der Waals surface area contributed by atoms with Crippen molar-refractivity contribution in [3.05, 3.63) is 54.1 Å². The van der Waals surface area contributed by atoms with Crippen LogP contribution in [0.5, 0.6) is 11.5 Å². The van der Waals surface area contributed by atoms with Crippen molar-refractivity contribution in [2.24, 2.45) is 0 Å². The molecule has 0 radical (unpaired) electrons. The lowest BCUT2D eigenvalue weighted by molar-refractivity contribution is -0.137. The minimum Gasteiger partial charge on any atom is -0.457 e. The first kappa shape index (κ1) is 19.6. The molecule has 26 heavy (non-hydrogen) atoms. The van der Waals surface area contributed by atoms with Crippen LogP contribution in [0.3, 0.4) is 0 Å². The van der Waals surface area contributed by atoms with Gasteiger partial charge in [0.05, 0.1) is 5.56 Å². The summed E-state index contributed by atoms with van der Waals surface area (Å²) in [5, 5.41) is 0. The van der Waals surface area contributed by atoms with E-state index in [0.29, 0.717) is 11.4 Å². The third-order valence-electron chi connectivity index (χ3n) is 3.31. The lowest BCUT2D eigenvalue weighted by Crippen LogP contribution is -2.34. The number of alkyl halides is 3. The summed E-state index contributed by atoms with van der Waals surface area (Å²) in [5.74, 6) is 0.720. The Morgan fingerprint density at radius 1 is 0.885 bits per heavy atom. The molecule has 1 amide bonds. The van der Waals surface area contributed by atoms with Crippen LogP contribution >= 0.6 is 0 Å². The molecule has 0 aliphatic rings. The smallest absolute Gasteiger partial charge is 0.416 e. The Balaban J connectivity index is 2.04. The number of ether oxygens (including phenoxy) is 2. The first-order chi connectivity index (χ1) is 12.0. The molecule has 0 heterocycles. The largest absolute Gasteiger partial charge is 0.457 e. The Labute approximate surface area is 150 Å². The zero-order valence-corrected chi connectivity index (χ0v) is 14.9. The molecule has 0 saturated carbocycles. The van der Waals surface area contributed by atoms with Gasteiger partial charge in [0, 0.05) is 12.7 Å². The molecule has 0 unspecified atom stereocenters. The van der Waals surface area contributed by atoms with Gasteiger partial charge in [0.15, 0.2) is 0 Å². The van der Waals surface area contributed by atoms with Crippen molar-refractivity contribution in [3.63, 3.8) is 0 Å². The van der Waals surface area contributed by atoms with Crippen LogP contribution in [-0.2, 0) is 10.9 Å². The summed E-state index contributed by atoms with van der Waals surface area (Å²) in [6.07, 6.45) is -4.87. The third kappa shape index (κ3) is 5.40. The molecule has 0 saturated heterocycles. The number of halogens is 3. The fourth-order valence-electron chi connectivity index (χ4n) is 2.02. The number of carbonyl (C=O) groups is 1. The summed E-state index contributed by atoms with van der Waals surface area (Å²) in [6, 6.07) is 11.0. The van der Waals surface area contributed by atoms with Gasteiger partial charge in [-0.05, 0) is 69.3 Å². The zero-order valence-electron chi connectivity index (χ0n) is 14.9. The number of hydrogen-bond acceptors (Lipinski definition) is 3. The Bertz CT molecular complexity index is 748. The topological polar surface area (TPSA) is 38.8 Å². The van der Waals surface area contributed by atoms with Crippen molar-refractivity contribution in [2.75, 3.05) is 11.9 Å². The molecule has 0 spiro atoms. The maximum atomic E-state index is 12.6. The van der Waals surface area contributed by atoms with Gasteiger partial charge >= 0.3 is 12.3 Å². The van der Waals surface area contributed by atoms with Crippen LogP contribution in [0.2, 0.25) is 0 Å². The second-order valence-electron chi connectivity index (χ2n) is 6.66. The molecule has 0 N–H and O–H groups in total. The summed E-state index contributed by atoms with van der Waals surface area (Å²) in [6.45, 7) is 5.33. The summed E-state index contributed by atoms with van der Waals surface area (Å²) in [4.78, 5) is 13.4. The van der Waals surface area contributed by atoms with E-state index in [1.54, 1.807) is 52.1 Å². The molecule has 0 fully saturated rings. The van der Waals surface area contributed by atoms with Crippen molar-refractivity contribution in [1.29, 1.82) is 0 Å². The highest BCUT2D eigenvalue weighted by atomic mass is 19.4. The van der Waals surface area contributed by atoms with E-state index in [1.165, 1.54) is 17.0 Å². The van der Waals surface area contributed by atoms with Crippen molar-refractivity contribution < 1.29 is 27.4 Å². The lowest BCUT2D eigenvalue weighted by atomic mass is 10.2. The first-order valence-electron chi connectivity index (χ1n) is 7.87. The zero-order chi connectivity index (χ0) is 19.5. The van der Waals surface area contributed by atoms with Crippen molar-refractivity contribution in [3.8, 4) is 11.5 Å². The highest BCUT2D eigenvalue weighted by Gasteiger charge is 2.30. The number of hydrogen-bond donors (Lipinski definition) is 0. The van der Waals surface area contributed by atoms with Crippen LogP contribution in [0.4, 0.5) is 23.7 Å². The van der Waals surface area contributed by atoms with Crippen LogP contribution in [0, 0.1) is 0 Å². The van der Waals surface area contributed by atoms with Crippen LogP contribution in [0.25, 0.3) is 0 Å². The molecular weight excluding hydrogens is 347 g/mol. The second-order valence-corrected chi connectivity index (χ2v) is 6.66. The average molecular weight is 367 g/mol. The SMILES string of the molecule is CN(C(=O)OC(C)(C)C)c1ccc(Oc2ccc(C(F)(F)F)cc2)cc1. The van der Waals surface area contributed by atoms with Crippen LogP contribution in [0.1, 0.15) is 26.3 Å². The molecule has 0 atom stereocenters. The fraction of sp³-hybridized carbons (Fsp3) is 0.316. The molecule has 4 nitrogen and oxygen atoms in total. The molecular formula is C19H20F3NO3. The summed E-state index contributed by atoms with van der Waals surface area (Å²) < 4.78 is 48.5. The maximum Gasteiger partial charge on any atom is 0.416 e. The van der Waals surface area contributed by atoms with Crippen LogP contribution in [0.15, 0.2) is 48.5 Å². The number of rotatable bonds is 3. The summed E-state index contributed by atoms with van der Waals surface area (Å²) in [7, 11) is 1.58. The van der Waals surface area contributed by atoms with Gasteiger partial charge in [0.25, 0.3) is 0 Å². The molecule has 2 rings (SSSR count). The van der Waals surface area contributed by atoms with Crippen LogP contribution < -0.4 is 9.64 Å². The quantitative estimate of drug-likeness (QED) is 0.681. The molecule has 0 aromatic heterocycles. The number of amides is 1. The Hall–Kier alpha value is -2.70. The Morgan fingerprint density at radius 2 is 1.35 bits per heavy atom. The third-order valence-corrected chi connectivity index (χ3v) is 3.31. The second kappa shape index (κ2) is 7.27. The molecule has 140 valence electrons. The summed E-state index contributed by atoms with van der Waals surface area (Å²) in [5.41, 5.74) is -0.741. The van der Waals surface area contributed by atoms with E-state index in [0.717, 1.165) is 12.1 Å². The standard InChI is InChI=1S/C19H20F3NO3/c1-18(2,3)26-17(24)23(4)14-7-11-16(12-8-14)25-15-9-5-13(6-10-15)19(20,21)22/h5-12H,1-4H3. The van der Waals surface area contributed by atoms with E-state index in [1.807, 2.05) is 0 Å². The Kier molecular flexibility index (Phi) is 5.49. The van der Waals surface area contributed by atoms with Crippen molar-refractivity contribution in [1.82, 2.24) is 0 Å². The molecule has 0 bridgehead atoms. The van der Waals surface area contributed by atoms with Gasteiger partial charge in [0.2, 0.25) is 0 Å². The predicted octanol–water partition coefficient (Wildman–Crippen LogP) is 5.87. The number of carbonyl (C=O) groups excluding carboxylic acids is 1. The summed E-state index contributed by atoms with van der Waals surface area (Å²) >= 11 is 0. The lowest BCUT2D eigenvalue weighted by Gasteiger charge is -2.24. The van der Waals surface area contributed by atoms with E-state index in [9.17, 15) is 18.0 Å². The van der Waals surface area contributed by atoms with Gasteiger partial charge < -0.3 is 9.47 Å². The maximum absolute atomic E-state index is 12.6. The first-order valence-corrected chi connectivity index (χ1v) is 7.87. The van der Waals surface area contributed by atoms with E-state index >= 15 is 0 Å². The van der Waals surface area contributed by atoms with Gasteiger partial charge in [-0.2, -0.15) is 13.2 Å². The minimum atomic E-state index is -4.38. The normalized spacial score (nSPS) is 11.8. The highest BCUT2D eigenvalue weighted by molar-refractivity contribution is 5.87. The van der Waals surface area contributed by atoms with Gasteiger partial charge in [-0.15, -0.1) is 0 Å². The molecule has 2 aromatic rings. The molecule has 7 heteroatoms. The fourth-order valence-corrected chi connectivity index (χ4v) is 2.02. The minimum absolute atomic E-state index is 0.284. The molecule has 2 aromatic carbocycles. The van der Waals surface area contributed by atoms with Gasteiger partial charge in [0.1, 0.15) is 17.1 Å². The average Bonchev–Trinajstić information content (AvgIpc) is 2.53. The Morgan fingerprint density at radius 3 is 1.77 bits per heavy atom. The number of anilines is 1. The highest BCUT2D eigenvalue weighted by Crippen LogP contribution is 2.31. The van der Waals surface area contributed by atoms with Crippen molar-refractivity contribution in [2.45, 2.75) is 32.5 Å². The van der Waals surface area contributed by atoms with Crippen LogP contribution in [-0.4, -0.2) is 18.7 Å². The van der Waals surface area contributed by atoms with Crippen molar-refractivity contribution >= 4 is 11.8 Å². The van der Waals surface area contributed by atoms with Gasteiger partial charge in [-0.25, -0.2) is 4.79 Å². The van der Waals surface area contributed by atoms with Gasteiger partial charge in [-0.3, -0.25) is 4.90 Å². The molecule has 0 aliphatic heterocycles. The number of nitrogens with zero attached hydrogens (tertiary/aromatic N) is 1. The van der Waals surface area contributed by atoms with E-state index in [2.05, 4.69) is 0 Å². The van der Waals surface area contributed by atoms with E-state index in [4.69, 9.17) is 9.47 Å². The van der Waals surface area contributed by atoms with Gasteiger partial charge in [-0.1, -0.05) is 0 Å². The van der Waals surface area contributed by atoms with E-state index < -0.39 is 23.4 Å². The molecule has 0 aliphatic carbocycles. The van der Waals surface area contributed by atoms with E-state index in [-0.39, 0.29) is 5.75 Å². The predicted molar refractivity (Wildman–Crippen MR) is 92.6 cm³/mol. The monoisotopic (exact) mass is 367 g/mol.